The Bertz CT molecular complexity index is 926. The van der Waals surface area contributed by atoms with Crippen LogP contribution in [0.3, 0.4) is 0 Å². The molecule has 0 aliphatic carbocycles. The average molecular weight is 372 g/mol. The van der Waals surface area contributed by atoms with Crippen LogP contribution in [-0.4, -0.2) is 21.9 Å². The Hall–Kier alpha value is -2.70. The summed E-state index contributed by atoms with van der Waals surface area (Å²) in [6.45, 7) is 2.55. The first kappa shape index (κ1) is 18.1. The van der Waals surface area contributed by atoms with E-state index in [0.717, 1.165) is 16.8 Å². The molecular formula is C19H18ClN3O3. The predicted octanol–water partition coefficient (Wildman–Crippen LogP) is 5.10. The molecule has 7 heteroatoms. The summed E-state index contributed by atoms with van der Waals surface area (Å²) in [7, 11) is 1.94. The maximum Gasteiger partial charge on any atom is 0.269 e. The molecule has 6 nitrogen and oxygen atoms in total. The summed E-state index contributed by atoms with van der Waals surface area (Å²) in [5, 5.41) is 11.6. The number of non-ortho nitro benzene ring substituents is 1. The molecule has 0 saturated heterocycles. The molecule has 1 aromatic heterocycles. The normalized spacial score (nSPS) is 12.3. The van der Waals surface area contributed by atoms with Crippen LogP contribution in [0.4, 0.5) is 5.69 Å². The van der Waals surface area contributed by atoms with Gasteiger partial charge < -0.3 is 4.42 Å². The van der Waals surface area contributed by atoms with Crippen LogP contribution in [0.2, 0.25) is 5.02 Å². The molecule has 1 heterocycles. The SMILES string of the molecule is C[C@@H](c1cccc([N+](=O)[O-])c1)N(C)Cc1coc(-c2cccc(Cl)c2)n1. The van der Waals surface area contributed by atoms with Gasteiger partial charge in [-0.25, -0.2) is 4.98 Å². The molecule has 1 atom stereocenters. The number of nitrogens with zero attached hydrogens (tertiary/aromatic N) is 3. The minimum atomic E-state index is -0.384. The molecule has 0 N–H and O–H groups in total. The summed E-state index contributed by atoms with van der Waals surface area (Å²) in [6.07, 6.45) is 1.62. The van der Waals surface area contributed by atoms with Crippen molar-refractivity contribution in [2.24, 2.45) is 0 Å². The second-order valence-corrected chi connectivity index (χ2v) is 6.53. The quantitative estimate of drug-likeness (QED) is 0.445. The first-order chi connectivity index (χ1) is 12.4. The van der Waals surface area contributed by atoms with E-state index in [0.29, 0.717) is 17.5 Å². The molecule has 0 unspecified atom stereocenters. The maximum atomic E-state index is 11.0. The molecule has 3 aromatic rings. The van der Waals surface area contributed by atoms with Crippen molar-refractivity contribution >= 4 is 17.3 Å². The fraction of sp³-hybridized carbons (Fsp3) is 0.211. The molecule has 0 fully saturated rings. The van der Waals surface area contributed by atoms with E-state index in [1.165, 1.54) is 6.07 Å². The van der Waals surface area contributed by atoms with E-state index >= 15 is 0 Å². The number of benzene rings is 2. The number of nitro groups is 1. The lowest BCUT2D eigenvalue weighted by atomic mass is 10.1. The summed E-state index contributed by atoms with van der Waals surface area (Å²) >= 11 is 6.00. The van der Waals surface area contributed by atoms with Gasteiger partial charge >= 0.3 is 0 Å². The third-order valence-corrected chi connectivity index (χ3v) is 4.49. The molecule has 3 rings (SSSR count). The predicted molar refractivity (Wildman–Crippen MR) is 99.9 cm³/mol. The van der Waals surface area contributed by atoms with Gasteiger partial charge in [-0.3, -0.25) is 15.0 Å². The fourth-order valence-electron chi connectivity index (χ4n) is 2.68. The molecule has 134 valence electrons. The molecule has 0 aliphatic heterocycles. The van der Waals surface area contributed by atoms with Gasteiger partial charge in [0, 0.05) is 35.3 Å². The number of hydrogen-bond donors (Lipinski definition) is 0. The smallest absolute Gasteiger partial charge is 0.269 e. The van der Waals surface area contributed by atoms with Crippen LogP contribution in [0.1, 0.15) is 24.2 Å². The summed E-state index contributed by atoms with van der Waals surface area (Å²) in [6, 6.07) is 14.0. The van der Waals surface area contributed by atoms with Crippen molar-refractivity contribution in [1.82, 2.24) is 9.88 Å². The van der Waals surface area contributed by atoms with Crippen molar-refractivity contribution in [2.45, 2.75) is 19.5 Å². The number of aromatic nitrogens is 1. The zero-order chi connectivity index (χ0) is 18.7. The van der Waals surface area contributed by atoms with Gasteiger partial charge in [-0.2, -0.15) is 0 Å². The molecule has 26 heavy (non-hydrogen) atoms. The van der Waals surface area contributed by atoms with Gasteiger partial charge in [0.05, 0.1) is 10.6 Å². The van der Waals surface area contributed by atoms with Gasteiger partial charge in [0.25, 0.3) is 5.69 Å². The molecule has 0 saturated carbocycles. The topological polar surface area (TPSA) is 72.4 Å². The number of rotatable bonds is 6. The Morgan fingerprint density at radius 3 is 2.77 bits per heavy atom. The van der Waals surface area contributed by atoms with Crippen LogP contribution in [0.15, 0.2) is 59.2 Å². The van der Waals surface area contributed by atoms with E-state index in [2.05, 4.69) is 9.88 Å². The number of oxazole rings is 1. The Morgan fingerprint density at radius 1 is 1.27 bits per heavy atom. The van der Waals surface area contributed by atoms with E-state index in [1.54, 1.807) is 30.5 Å². The van der Waals surface area contributed by atoms with Crippen LogP contribution < -0.4 is 0 Å². The van der Waals surface area contributed by atoms with Crippen LogP contribution in [0.5, 0.6) is 0 Å². The van der Waals surface area contributed by atoms with E-state index in [-0.39, 0.29) is 16.7 Å². The fourth-order valence-corrected chi connectivity index (χ4v) is 2.87. The van der Waals surface area contributed by atoms with Crippen LogP contribution in [0, 0.1) is 10.1 Å². The van der Waals surface area contributed by atoms with Crippen LogP contribution in [-0.2, 0) is 6.54 Å². The number of halogens is 1. The third-order valence-electron chi connectivity index (χ3n) is 4.26. The van der Waals surface area contributed by atoms with Gasteiger partial charge in [-0.05, 0) is 37.7 Å². The van der Waals surface area contributed by atoms with E-state index in [9.17, 15) is 10.1 Å². The van der Waals surface area contributed by atoms with Crippen molar-refractivity contribution in [3.63, 3.8) is 0 Å². The molecule has 0 aliphatic rings. The van der Waals surface area contributed by atoms with Gasteiger partial charge in [-0.15, -0.1) is 0 Å². The lowest BCUT2D eigenvalue weighted by molar-refractivity contribution is -0.384. The highest BCUT2D eigenvalue weighted by atomic mass is 35.5. The van der Waals surface area contributed by atoms with Gasteiger partial charge in [-0.1, -0.05) is 29.8 Å². The lowest BCUT2D eigenvalue weighted by Gasteiger charge is -2.23. The molecular weight excluding hydrogens is 354 g/mol. The number of hydrogen-bond acceptors (Lipinski definition) is 5. The maximum absolute atomic E-state index is 11.0. The monoisotopic (exact) mass is 371 g/mol. The Morgan fingerprint density at radius 2 is 2.04 bits per heavy atom. The van der Waals surface area contributed by atoms with Gasteiger partial charge in [0.1, 0.15) is 6.26 Å². The summed E-state index contributed by atoms with van der Waals surface area (Å²) in [5.41, 5.74) is 2.56. The van der Waals surface area contributed by atoms with E-state index < -0.39 is 0 Å². The van der Waals surface area contributed by atoms with Crippen molar-refractivity contribution in [3.8, 4) is 11.5 Å². The minimum absolute atomic E-state index is 0.0128. The first-order valence-electron chi connectivity index (χ1n) is 8.09. The van der Waals surface area contributed by atoms with Crippen molar-refractivity contribution in [3.05, 3.63) is 81.2 Å². The van der Waals surface area contributed by atoms with Gasteiger partial charge in [0.2, 0.25) is 5.89 Å². The first-order valence-corrected chi connectivity index (χ1v) is 8.47. The Balaban J connectivity index is 1.73. The van der Waals surface area contributed by atoms with Crippen LogP contribution >= 0.6 is 11.6 Å². The molecule has 0 radical (unpaired) electrons. The third kappa shape index (κ3) is 4.09. The average Bonchev–Trinajstić information content (AvgIpc) is 3.09. The van der Waals surface area contributed by atoms with Crippen molar-refractivity contribution < 1.29 is 9.34 Å². The largest absolute Gasteiger partial charge is 0.444 e. The van der Waals surface area contributed by atoms with Crippen molar-refractivity contribution in [1.29, 1.82) is 0 Å². The Labute approximate surface area is 156 Å². The second-order valence-electron chi connectivity index (χ2n) is 6.10. The molecule has 0 spiro atoms. The summed E-state index contributed by atoms with van der Waals surface area (Å²) in [4.78, 5) is 17.1. The summed E-state index contributed by atoms with van der Waals surface area (Å²) < 4.78 is 5.56. The zero-order valence-electron chi connectivity index (χ0n) is 14.4. The summed E-state index contributed by atoms with van der Waals surface area (Å²) in [5.74, 6) is 0.513. The highest BCUT2D eigenvalue weighted by Gasteiger charge is 2.17. The second kappa shape index (κ2) is 7.68. The highest BCUT2D eigenvalue weighted by molar-refractivity contribution is 6.30. The van der Waals surface area contributed by atoms with Crippen LogP contribution in [0.25, 0.3) is 11.5 Å². The molecule has 0 bridgehead atoms. The standard InChI is InChI=1S/C19H18ClN3O3/c1-13(14-5-4-8-18(10-14)23(24)25)22(2)11-17-12-26-19(21-17)15-6-3-7-16(20)9-15/h3-10,12-13H,11H2,1-2H3/t13-/m0/s1. The van der Waals surface area contributed by atoms with E-state index in [4.69, 9.17) is 16.0 Å². The molecule has 0 amide bonds. The zero-order valence-corrected chi connectivity index (χ0v) is 15.2. The van der Waals surface area contributed by atoms with E-state index in [1.807, 2.05) is 32.2 Å². The van der Waals surface area contributed by atoms with Crippen molar-refractivity contribution in [2.75, 3.05) is 7.05 Å². The lowest BCUT2D eigenvalue weighted by Crippen LogP contribution is -2.22. The van der Waals surface area contributed by atoms with Gasteiger partial charge in [0.15, 0.2) is 0 Å². The number of nitro benzene ring substituents is 1. The molecule has 2 aromatic carbocycles. The Kier molecular flexibility index (Phi) is 5.35. The highest BCUT2D eigenvalue weighted by Crippen LogP contribution is 2.26. The minimum Gasteiger partial charge on any atom is -0.444 e.